The zero-order valence-corrected chi connectivity index (χ0v) is 14.8. The maximum atomic E-state index is 13.1. The van der Waals surface area contributed by atoms with Crippen LogP contribution in [0.3, 0.4) is 0 Å². The first-order chi connectivity index (χ1) is 12.6. The summed E-state index contributed by atoms with van der Waals surface area (Å²) >= 11 is 0. The van der Waals surface area contributed by atoms with Crippen LogP contribution < -0.4 is 10.2 Å². The Morgan fingerprint density at radius 1 is 1.23 bits per heavy atom. The van der Waals surface area contributed by atoms with Crippen molar-refractivity contribution in [2.45, 2.75) is 13.3 Å². The van der Waals surface area contributed by atoms with Gasteiger partial charge in [-0.2, -0.15) is 0 Å². The number of aromatic amines is 1. The van der Waals surface area contributed by atoms with Crippen LogP contribution in [-0.2, 0) is 0 Å². The van der Waals surface area contributed by atoms with Gasteiger partial charge in [0.25, 0.3) is 5.91 Å². The largest absolute Gasteiger partial charge is 0.371 e. The molecule has 134 valence electrons. The van der Waals surface area contributed by atoms with E-state index < -0.39 is 0 Å². The summed E-state index contributed by atoms with van der Waals surface area (Å²) in [5.41, 5.74) is 3.64. The number of benzene rings is 2. The smallest absolute Gasteiger partial charge is 0.253 e. The number of H-pyrrole nitrogens is 1. The molecule has 2 heterocycles. The second-order valence-corrected chi connectivity index (χ2v) is 6.96. The van der Waals surface area contributed by atoms with Crippen LogP contribution in [0.15, 0.2) is 48.5 Å². The molecule has 1 atom stereocenters. The lowest BCUT2D eigenvalue weighted by Crippen LogP contribution is -2.31. The Balaban J connectivity index is 1.39. The van der Waals surface area contributed by atoms with Gasteiger partial charge in [0, 0.05) is 41.9 Å². The SMILES string of the molecule is Cc1[nH]c2ccccc2c1C(=O)NCC1CCN(c2ccc(F)cc2)C1. The maximum absolute atomic E-state index is 13.1. The number of fused-ring (bicyclic) bond motifs is 1. The Morgan fingerprint density at radius 2 is 2.00 bits per heavy atom. The number of nitrogens with zero attached hydrogens (tertiary/aromatic N) is 1. The molecule has 0 bridgehead atoms. The fourth-order valence-corrected chi connectivity index (χ4v) is 3.78. The molecule has 3 aromatic rings. The predicted octanol–water partition coefficient (Wildman–Crippen LogP) is 3.87. The van der Waals surface area contributed by atoms with Crippen molar-refractivity contribution < 1.29 is 9.18 Å². The fraction of sp³-hybridized carbons (Fsp3) is 0.286. The minimum atomic E-state index is -0.217. The number of carbonyl (C=O) groups is 1. The van der Waals surface area contributed by atoms with Crippen LogP contribution in [0.5, 0.6) is 0 Å². The summed E-state index contributed by atoms with van der Waals surface area (Å²) in [4.78, 5) is 18.2. The first-order valence-corrected chi connectivity index (χ1v) is 8.98. The van der Waals surface area contributed by atoms with E-state index in [4.69, 9.17) is 0 Å². The van der Waals surface area contributed by atoms with E-state index in [2.05, 4.69) is 15.2 Å². The third-order valence-corrected chi connectivity index (χ3v) is 5.15. The number of rotatable bonds is 4. The third-order valence-electron chi connectivity index (χ3n) is 5.15. The van der Waals surface area contributed by atoms with Gasteiger partial charge in [0.1, 0.15) is 5.82 Å². The van der Waals surface area contributed by atoms with E-state index in [1.54, 1.807) is 0 Å². The van der Waals surface area contributed by atoms with Crippen molar-refractivity contribution in [1.29, 1.82) is 0 Å². The lowest BCUT2D eigenvalue weighted by atomic mass is 10.1. The molecule has 0 spiro atoms. The molecule has 0 aliphatic carbocycles. The van der Waals surface area contributed by atoms with E-state index in [1.165, 1.54) is 12.1 Å². The monoisotopic (exact) mass is 351 g/mol. The highest BCUT2D eigenvalue weighted by Crippen LogP contribution is 2.25. The van der Waals surface area contributed by atoms with Crippen LogP contribution in [-0.4, -0.2) is 30.5 Å². The van der Waals surface area contributed by atoms with Gasteiger partial charge in [-0.25, -0.2) is 4.39 Å². The quantitative estimate of drug-likeness (QED) is 0.750. The van der Waals surface area contributed by atoms with Gasteiger partial charge in [-0.3, -0.25) is 4.79 Å². The second kappa shape index (κ2) is 6.83. The average molecular weight is 351 g/mol. The van der Waals surface area contributed by atoms with Crippen LogP contribution in [0, 0.1) is 18.7 Å². The van der Waals surface area contributed by atoms with Crippen molar-refractivity contribution >= 4 is 22.5 Å². The standard InChI is InChI=1S/C21H22FN3O/c1-14-20(18-4-2-3-5-19(18)24-14)21(26)23-12-15-10-11-25(13-15)17-8-6-16(22)7-9-17/h2-9,15,24H,10-13H2,1H3,(H,23,26). The minimum Gasteiger partial charge on any atom is -0.371 e. The van der Waals surface area contributed by atoms with Gasteiger partial charge in [0.15, 0.2) is 0 Å². The molecule has 1 amide bonds. The molecular weight excluding hydrogens is 329 g/mol. The van der Waals surface area contributed by atoms with Gasteiger partial charge in [0.2, 0.25) is 0 Å². The molecule has 2 N–H and O–H groups in total. The number of amides is 1. The number of halogens is 1. The van der Waals surface area contributed by atoms with Crippen LogP contribution in [0.2, 0.25) is 0 Å². The molecule has 1 aliphatic heterocycles. The van der Waals surface area contributed by atoms with Gasteiger partial charge in [-0.05, 0) is 49.6 Å². The molecule has 2 aromatic carbocycles. The Bertz CT molecular complexity index is 932. The molecule has 1 fully saturated rings. The number of para-hydroxylation sites is 1. The average Bonchev–Trinajstić information content (AvgIpc) is 3.24. The number of carbonyl (C=O) groups excluding carboxylic acids is 1. The van der Waals surface area contributed by atoms with Crippen LogP contribution >= 0.6 is 0 Å². The van der Waals surface area contributed by atoms with Crippen molar-refractivity contribution in [2.75, 3.05) is 24.5 Å². The van der Waals surface area contributed by atoms with E-state index in [0.717, 1.165) is 47.4 Å². The lowest BCUT2D eigenvalue weighted by molar-refractivity contribution is 0.0949. The zero-order valence-electron chi connectivity index (χ0n) is 14.8. The predicted molar refractivity (Wildman–Crippen MR) is 102 cm³/mol. The Labute approximate surface area is 152 Å². The molecule has 1 unspecified atom stereocenters. The second-order valence-electron chi connectivity index (χ2n) is 6.96. The van der Waals surface area contributed by atoms with Crippen LogP contribution in [0.1, 0.15) is 22.5 Å². The van der Waals surface area contributed by atoms with Gasteiger partial charge < -0.3 is 15.2 Å². The van der Waals surface area contributed by atoms with E-state index in [9.17, 15) is 9.18 Å². The van der Waals surface area contributed by atoms with E-state index in [1.807, 2.05) is 43.3 Å². The molecule has 1 saturated heterocycles. The molecule has 4 rings (SSSR count). The molecule has 26 heavy (non-hydrogen) atoms. The maximum Gasteiger partial charge on any atom is 0.253 e. The topological polar surface area (TPSA) is 48.1 Å². The zero-order chi connectivity index (χ0) is 18.1. The summed E-state index contributed by atoms with van der Waals surface area (Å²) in [6.45, 7) is 4.38. The van der Waals surface area contributed by atoms with E-state index in [0.29, 0.717) is 12.5 Å². The van der Waals surface area contributed by atoms with Crippen LogP contribution in [0.4, 0.5) is 10.1 Å². The lowest BCUT2D eigenvalue weighted by Gasteiger charge is -2.18. The number of anilines is 1. The summed E-state index contributed by atoms with van der Waals surface area (Å²) in [5, 5.41) is 4.06. The fourth-order valence-electron chi connectivity index (χ4n) is 3.78. The van der Waals surface area contributed by atoms with Gasteiger partial charge in [-0.15, -0.1) is 0 Å². The molecule has 4 nitrogen and oxygen atoms in total. The minimum absolute atomic E-state index is 0.0276. The molecule has 0 radical (unpaired) electrons. The highest BCUT2D eigenvalue weighted by atomic mass is 19.1. The van der Waals surface area contributed by atoms with E-state index >= 15 is 0 Å². The Hall–Kier alpha value is -2.82. The van der Waals surface area contributed by atoms with E-state index in [-0.39, 0.29) is 11.7 Å². The summed E-state index contributed by atoms with van der Waals surface area (Å²) in [6, 6.07) is 14.5. The summed E-state index contributed by atoms with van der Waals surface area (Å²) < 4.78 is 13.1. The van der Waals surface area contributed by atoms with Gasteiger partial charge in [-0.1, -0.05) is 18.2 Å². The first-order valence-electron chi connectivity index (χ1n) is 8.98. The van der Waals surface area contributed by atoms with Gasteiger partial charge in [0.05, 0.1) is 5.56 Å². The normalized spacial score (nSPS) is 17.0. The van der Waals surface area contributed by atoms with Crippen molar-refractivity contribution in [3.05, 3.63) is 65.6 Å². The molecule has 0 saturated carbocycles. The van der Waals surface area contributed by atoms with Crippen molar-refractivity contribution in [2.24, 2.45) is 5.92 Å². The van der Waals surface area contributed by atoms with Crippen molar-refractivity contribution in [3.8, 4) is 0 Å². The Morgan fingerprint density at radius 3 is 2.81 bits per heavy atom. The third kappa shape index (κ3) is 3.17. The van der Waals surface area contributed by atoms with Gasteiger partial charge >= 0.3 is 0 Å². The Kier molecular flexibility index (Phi) is 4.37. The van der Waals surface area contributed by atoms with Crippen LogP contribution in [0.25, 0.3) is 10.9 Å². The summed E-state index contributed by atoms with van der Waals surface area (Å²) in [5.74, 6) is 0.153. The molecule has 1 aliphatic rings. The summed E-state index contributed by atoms with van der Waals surface area (Å²) in [6.07, 6.45) is 1.02. The molecular formula is C21H22FN3O. The van der Waals surface area contributed by atoms with Crippen molar-refractivity contribution in [3.63, 3.8) is 0 Å². The summed E-state index contributed by atoms with van der Waals surface area (Å²) in [7, 11) is 0. The number of nitrogens with one attached hydrogen (secondary N) is 2. The highest BCUT2D eigenvalue weighted by molar-refractivity contribution is 6.08. The number of aromatic nitrogens is 1. The number of aryl methyl sites for hydroxylation is 1. The number of hydrogen-bond donors (Lipinski definition) is 2. The molecule has 5 heteroatoms. The first kappa shape index (κ1) is 16.6. The van der Waals surface area contributed by atoms with Crippen molar-refractivity contribution in [1.82, 2.24) is 10.3 Å². The highest BCUT2D eigenvalue weighted by Gasteiger charge is 2.24. The number of hydrogen-bond acceptors (Lipinski definition) is 2. The molecule has 1 aromatic heterocycles.